The molecule has 22 heavy (non-hydrogen) atoms. The highest BCUT2D eigenvalue weighted by Crippen LogP contribution is 2.39. The maximum atomic E-state index is 14.1. The quantitative estimate of drug-likeness (QED) is 0.515. The van der Waals surface area contributed by atoms with Gasteiger partial charge in [0.1, 0.15) is 5.69 Å². The fourth-order valence-corrected chi connectivity index (χ4v) is 3.67. The second-order valence-corrected chi connectivity index (χ2v) is 8.04. The average molecular weight is 360 g/mol. The van der Waals surface area contributed by atoms with Crippen LogP contribution in [0.2, 0.25) is 0 Å². The molecule has 0 bridgehead atoms. The van der Waals surface area contributed by atoms with Gasteiger partial charge >= 0.3 is 0 Å². The predicted molar refractivity (Wildman–Crippen MR) is 91.5 cm³/mol. The number of alkyl halides is 2. The monoisotopic (exact) mass is 359 g/mol. The van der Waals surface area contributed by atoms with Crippen LogP contribution in [0, 0.1) is 5.82 Å². The van der Waals surface area contributed by atoms with E-state index in [4.69, 9.17) is 23.2 Å². The molecular formula is C16H16Cl2FNOS. The summed E-state index contributed by atoms with van der Waals surface area (Å²) in [4.78, 5) is 12.5. The van der Waals surface area contributed by atoms with Gasteiger partial charge in [-0.1, -0.05) is 60.5 Å². The minimum Gasteiger partial charge on any atom is -0.335 e. The Hall–Kier alpha value is -0.970. The number of carbonyl (C=O) groups excluding carboxylic acids is 1. The minimum absolute atomic E-state index is 0.0951. The number of hydrogen-bond acceptors (Lipinski definition) is 2. The molecule has 0 N–H and O–H groups in total. The van der Waals surface area contributed by atoms with Crippen molar-refractivity contribution in [3.05, 3.63) is 59.7 Å². The van der Waals surface area contributed by atoms with Gasteiger partial charge in [0.2, 0.25) is 9.45 Å². The van der Waals surface area contributed by atoms with E-state index in [0.29, 0.717) is 5.75 Å². The van der Waals surface area contributed by atoms with Gasteiger partial charge in [-0.2, -0.15) is 0 Å². The molecule has 1 aromatic carbocycles. The van der Waals surface area contributed by atoms with Gasteiger partial charge in [-0.3, -0.25) is 4.79 Å². The molecule has 2 rings (SSSR count). The highest BCUT2D eigenvalue weighted by molar-refractivity contribution is 8.04. The van der Waals surface area contributed by atoms with Crippen molar-refractivity contribution in [3.8, 4) is 0 Å². The van der Waals surface area contributed by atoms with Gasteiger partial charge in [0, 0.05) is 6.20 Å². The van der Waals surface area contributed by atoms with E-state index in [-0.39, 0.29) is 11.7 Å². The van der Waals surface area contributed by atoms with Crippen LogP contribution in [-0.4, -0.2) is 19.8 Å². The number of aromatic nitrogens is 1. The summed E-state index contributed by atoms with van der Waals surface area (Å²) < 4.78 is 14.0. The van der Waals surface area contributed by atoms with Gasteiger partial charge in [0.05, 0.1) is 6.04 Å². The summed E-state index contributed by atoms with van der Waals surface area (Å²) in [7, 11) is 0. The van der Waals surface area contributed by atoms with Crippen molar-refractivity contribution in [1.82, 2.24) is 4.57 Å². The van der Waals surface area contributed by atoms with E-state index < -0.39 is 15.3 Å². The maximum absolute atomic E-state index is 14.1. The van der Waals surface area contributed by atoms with Crippen molar-refractivity contribution in [1.29, 1.82) is 0 Å². The summed E-state index contributed by atoms with van der Waals surface area (Å²) in [5.74, 6) is -0.696. The standard InChI is InChI=1S/C16H16Cl2FNOS/c1-3-22-16(17,18)15(21)14-13(19)9-10-20(14)11(2)12-7-5-4-6-8-12/h4-11H,3H2,1-2H3/t11-/m1/s1. The molecule has 0 radical (unpaired) electrons. The molecule has 1 aromatic heterocycles. The topological polar surface area (TPSA) is 22.0 Å². The second-order valence-electron chi connectivity index (χ2n) is 4.79. The largest absolute Gasteiger partial charge is 0.335 e. The number of thioether (sulfide) groups is 1. The van der Waals surface area contributed by atoms with Crippen molar-refractivity contribution in [2.45, 2.75) is 23.6 Å². The van der Waals surface area contributed by atoms with Crippen molar-refractivity contribution in [2.75, 3.05) is 5.75 Å². The van der Waals surface area contributed by atoms with Gasteiger partial charge < -0.3 is 4.57 Å². The summed E-state index contributed by atoms with van der Waals surface area (Å²) in [6, 6.07) is 10.6. The molecule has 0 fully saturated rings. The number of ketones is 1. The molecule has 0 amide bonds. The van der Waals surface area contributed by atoms with Crippen LogP contribution in [0.15, 0.2) is 42.6 Å². The molecule has 6 heteroatoms. The lowest BCUT2D eigenvalue weighted by atomic mass is 10.1. The fraction of sp³-hybridized carbons (Fsp3) is 0.312. The third-order valence-electron chi connectivity index (χ3n) is 3.37. The van der Waals surface area contributed by atoms with Crippen molar-refractivity contribution in [3.63, 3.8) is 0 Å². The summed E-state index contributed by atoms with van der Waals surface area (Å²) in [5, 5.41) is 0. The Balaban J connectivity index is 2.42. The number of nitrogens with zero attached hydrogens (tertiary/aromatic N) is 1. The first kappa shape index (κ1) is 17.4. The van der Waals surface area contributed by atoms with Crippen LogP contribution < -0.4 is 0 Å². The molecule has 0 aliphatic carbocycles. The zero-order valence-electron chi connectivity index (χ0n) is 12.2. The zero-order valence-corrected chi connectivity index (χ0v) is 14.6. The first-order valence-electron chi connectivity index (χ1n) is 6.86. The molecule has 0 aliphatic heterocycles. The summed E-state index contributed by atoms with van der Waals surface area (Å²) >= 11 is 13.2. The first-order valence-corrected chi connectivity index (χ1v) is 8.60. The summed E-state index contributed by atoms with van der Waals surface area (Å²) in [5.41, 5.74) is 0.868. The summed E-state index contributed by atoms with van der Waals surface area (Å²) in [6.45, 7) is 3.72. The van der Waals surface area contributed by atoms with E-state index in [1.807, 2.05) is 44.2 Å². The molecule has 1 atom stereocenters. The van der Waals surface area contributed by atoms with E-state index >= 15 is 0 Å². The normalized spacial score (nSPS) is 13.1. The van der Waals surface area contributed by atoms with Crippen LogP contribution in [0.25, 0.3) is 0 Å². The van der Waals surface area contributed by atoms with Crippen LogP contribution >= 0.6 is 35.0 Å². The number of rotatable bonds is 6. The van der Waals surface area contributed by atoms with Gasteiger partial charge in [-0.05, 0) is 24.3 Å². The zero-order chi connectivity index (χ0) is 16.3. The molecule has 2 nitrogen and oxygen atoms in total. The highest BCUT2D eigenvalue weighted by atomic mass is 35.5. The van der Waals surface area contributed by atoms with E-state index in [0.717, 1.165) is 17.3 Å². The third kappa shape index (κ3) is 3.50. The van der Waals surface area contributed by atoms with Crippen molar-refractivity contribution >= 4 is 40.7 Å². The maximum Gasteiger partial charge on any atom is 0.228 e. The lowest BCUT2D eigenvalue weighted by Gasteiger charge is -2.21. The van der Waals surface area contributed by atoms with Crippen LogP contribution in [0.5, 0.6) is 0 Å². The molecule has 0 unspecified atom stereocenters. The van der Waals surface area contributed by atoms with Gasteiger partial charge in [-0.25, -0.2) is 4.39 Å². The van der Waals surface area contributed by atoms with Crippen molar-refractivity contribution in [2.24, 2.45) is 0 Å². The molecule has 118 valence electrons. The fourth-order valence-electron chi connectivity index (χ4n) is 2.25. The van der Waals surface area contributed by atoms with Gasteiger partial charge in [-0.15, -0.1) is 11.8 Å². The Morgan fingerprint density at radius 1 is 1.32 bits per heavy atom. The Morgan fingerprint density at radius 3 is 2.55 bits per heavy atom. The minimum atomic E-state index is -1.69. The Labute approximate surface area is 143 Å². The molecule has 0 aliphatic rings. The van der Waals surface area contributed by atoms with Crippen LogP contribution in [-0.2, 0) is 0 Å². The molecule has 1 heterocycles. The van der Waals surface area contributed by atoms with Crippen LogP contribution in [0.4, 0.5) is 4.39 Å². The van der Waals surface area contributed by atoms with E-state index in [1.54, 1.807) is 10.8 Å². The smallest absolute Gasteiger partial charge is 0.228 e. The van der Waals surface area contributed by atoms with Crippen LogP contribution in [0.1, 0.15) is 35.9 Å². The molecule has 2 aromatic rings. The summed E-state index contributed by atoms with van der Waals surface area (Å²) in [6.07, 6.45) is 1.54. The first-order chi connectivity index (χ1) is 10.4. The highest BCUT2D eigenvalue weighted by Gasteiger charge is 2.38. The number of halogens is 3. The predicted octanol–water partition coefficient (Wildman–Crippen LogP) is 5.30. The van der Waals surface area contributed by atoms with Crippen molar-refractivity contribution < 1.29 is 9.18 Å². The molecule has 0 saturated carbocycles. The van der Waals surface area contributed by atoms with Gasteiger partial charge in [0.15, 0.2) is 5.82 Å². The molecular weight excluding hydrogens is 344 g/mol. The SMILES string of the molecule is CCSC(Cl)(Cl)C(=O)c1c(F)ccn1[C@H](C)c1ccccc1. The van der Waals surface area contributed by atoms with Gasteiger partial charge in [0.25, 0.3) is 0 Å². The Kier molecular flexibility index (Phi) is 5.59. The van der Waals surface area contributed by atoms with E-state index in [2.05, 4.69) is 0 Å². The van der Waals surface area contributed by atoms with E-state index in [9.17, 15) is 9.18 Å². The lowest BCUT2D eigenvalue weighted by molar-refractivity contribution is 0.0984. The molecule has 0 saturated heterocycles. The third-order valence-corrected chi connectivity index (χ3v) is 5.20. The molecule has 0 spiro atoms. The average Bonchev–Trinajstić information content (AvgIpc) is 2.88. The number of Topliss-reactive ketones (excluding diaryl/α,β-unsaturated/α-hetero) is 1. The Morgan fingerprint density at radius 2 is 1.95 bits per heavy atom. The lowest BCUT2D eigenvalue weighted by Crippen LogP contribution is -2.27. The number of hydrogen-bond donors (Lipinski definition) is 0. The second kappa shape index (κ2) is 7.07. The number of carbonyl (C=O) groups is 1. The Bertz CT molecular complexity index is 657. The van der Waals surface area contributed by atoms with E-state index in [1.165, 1.54) is 6.07 Å². The number of benzene rings is 1. The van der Waals surface area contributed by atoms with Crippen LogP contribution in [0.3, 0.4) is 0 Å².